The molecule has 1 aromatic carbocycles. The second-order valence-electron chi connectivity index (χ2n) is 7.47. The maximum atomic E-state index is 14.6. The molecule has 5 rings (SSSR count). The highest BCUT2D eigenvalue weighted by atomic mass is 35.5. The molecule has 4 nitrogen and oxygen atoms in total. The smallest absolute Gasteiger partial charge is 0.253 e. The van der Waals surface area contributed by atoms with Crippen molar-refractivity contribution in [2.45, 2.75) is 19.3 Å². The highest BCUT2D eigenvalue weighted by Gasteiger charge is 2.20. The zero-order chi connectivity index (χ0) is 20.7. The zero-order valence-electron chi connectivity index (χ0n) is 16.1. The number of piperidine rings is 1. The SMILES string of the molecule is O=C(c1ccc(-c2csc(-c3c(F)cnc4[nH]ccc34)c2)c(Cl)c1)N1CCCCC1. The van der Waals surface area contributed by atoms with Crippen molar-refractivity contribution in [1.29, 1.82) is 0 Å². The van der Waals surface area contributed by atoms with E-state index in [1.165, 1.54) is 24.0 Å². The van der Waals surface area contributed by atoms with Crippen molar-refractivity contribution in [3.05, 3.63) is 64.5 Å². The standard InChI is InChI=1S/C23H19ClFN3OS/c24-18-10-14(23(29)28-8-2-1-3-9-28)4-5-16(18)15-11-20(30-13-15)21-17-6-7-26-22(17)27-12-19(21)25/h4-7,10-13H,1-3,8-9H2,(H,26,27). The monoisotopic (exact) mass is 439 g/mol. The molecule has 0 bridgehead atoms. The van der Waals surface area contributed by atoms with Crippen LogP contribution in [0, 0.1) is 5.82 Å². The van der Waals surface area contributed by atoms with Crippen molar-refractivity contribution in [2.75, 3.05) is 13.1 Å². The number of fused-ring (bicyclic) bond motifs is 1. The lowest BCUT2D eigenvalue weighted by Gasteiger charge is -2.26. The van der Waals surface area contributed by atoms with E-state index in [-0.39, 0.29) is 11.7 Å². The molecule has 3 aromatic heterocycles. The van der Waals surface area contributed by atoms with Crippen LogP contribution in [0.1, 0.15) is 29.6 Å². The van der Waals surface area contributed by atoms with Crippen molar-refractivity contribution in [3.8, 4) is 21.6 Å². The molecule has 4 heterocycles. The number of H-pyrrole nitrogens is 1. The Morgan fingerprint density at radius 3 is 2.80 bits per heavy atom. The van der Waals surface area contributed by atoms with Gasteiger partial charge >= 0.3 is 0 Å². The molecule has 1 saturated heterocycles. The lowest BCUT2D eigenvalue weighted by atomic mass is 10.0. The first-order valence-corrected chi connectivity index (χ1v) is 11.2. The van der Waals surface area contributed by atoms with Crippen LogP contribution in [0.3, 0.4) is 0 Å². The number of nitrogens with zero attached hydrogens (tertiary/aromatic N) is 2. The van der Waals surface area contributed by atoms with Gasteiger partial charge in [-0.25, -0.2) is 9.37 Å². The summed E-state index contributed by atoms with van der Waals surface area (Å²) < 4.78 is 14.6. The second-order valence-corrected chi connectivity index (χ2v) is 8.79. The topological polar surface area (TPSA) is 49.0 Å². The van der Waals surface area contributed by atoms with E-state index < -0.39 is 0 Å². The van der Waals surface area contributed by atoms with E-state index in [1.807, 2.05) is 34.5 Å². The number of likely N-dealkylation sites (tertiary alicyclic amines) is 1. The second kappa shape index (κ2) is 7.85. The molecule has 1 aliphatic rings. The van der Waals surface area contributed by atoms with Gasteiger partial charge in [-0.15, -0.1) is 11.3 Å². The van der Waals surface area contributed by atoms with Crippen LogP contribution in [0.25, 0.3) is 32.6 Å². The number of benzene rings is 1. The third kappa shape index (κ3) is 3.40. The summed E-state index contributed by atoms with van der Waals surface area (Å²) in [5, 5.41) is 3.22. The molecule has 152 valence electrons. The Labute approximate surface area is 182 Å². The number of amides is 1. The Morgan fingerprint density at radius 1 is 1.17 bits per heavy atom. The van der Waals surface area contributed by atoms with Gasteiger partial charge in [0, 0.05) is 51.3 Å². The van der Waals surface area contributed by atoms with E-state index in [1.54, 1.807) is 12.3 Å². The number of carbonyl (C=O) groups excluding carboxylic acids is 1. The normalized spacial score (nSPS) is 14.4. The predicted octanol–water partition coefficient (Wildman–Crippen LogP) is 6.38. The number of halogens is 2. The van der Waals surface area contributed by atoms with Gasteiger partial charge in [0.25, 0.3) is 5.91 Å². The first-order valence-electron chi connectivity index (χ1n) is 9.91. The third-order valence-corrected chi connectivity index (χ3v) is 6.82. The highest BCUT2D eigenvalue weighted by molar-refractivity contribution is 7.14. The molecule has 0 atom stereocenters. The molecule has 0 aliphatic carbocycles. The maximum Gasteiger partial charge on any atom is 0.253 e. The fourth-order valence-corrected chi connectivity index (χ4v) is 5.26. The van der Waals surface area contributed by atoms with Crippen LogP contribution in [0.5, 0.6) is 0 Å². The van der Waals surface area contributed by atoms with Gasteiger partial charge in [0.05, 0.1) is 6.20 Å². The van der Waals surface area contributed by atoms with Gasteiger partial charge in [-0.2, -0.15) is 0 Å². The summed E-state index contributed by atoms with van der Waals surface area (Å²) in [7, 11) is 0. The number of aromatic amines is 1. The average Bonchev–Trinajstić information content (AvgIpc) is 3.43. The van der Waals surface area contributed by atoms with E-state index in [0.29, 0.717) is 21.8 Å². The lowest BCUT2D eigenvalue weighted by Crippen LogP contribution is -2.35. The van der Waals surface area contributed by atoms with Crippen LogP contribution >= 0.6 is 22.9 Å². The van der Waals surface area contributed by atoms with Crippen LogP contribution in [0.15, 0.2) is 48.1 Å². The van der Waals surface area contributed by atoms with E-state index >= 15 is 0 Å². The summed E-state index contributed by atoms with van der Waals surface area (Å²) >= 11 is 8.01. The summed E-state index contributed by atoms with van der Waals surface area (Å²) in [5.41, 5.74) is 3.52. The van der Waals surface area contributed by atoms with Gasteiger partial charge < -0.3 is 9.88 Å². The number of hydrogen-bond acceptors (Lipinski definition) is 3. The summed E-state index contributed by atoms with van der Waals surface area (Å²) in [6.07, 6.45) is 6.27. The first-order chi connectivity index (χ1) is 14.6. The molecule has 7 heteroatoms. The molecule has 0 radical (unpaired) electrons. The minimum atomic E-state index is -0.357. The quantitative estimate of drug-likeness (QED) is 0.402. The van der Waals surface area contributed by atoms with Gasteiger partial charge in [-0.3, -0.25) is 4.79 Å². The summed E-state index contributed by atoms with van der Waals surface area (Å²) in [6.45, 7) is 1.61. The Kier molecular flexibility index (Phi) is 5.05. The van der Waals surface area contributed by atoms with Gasteiger partial charge in [0.2, 0.25) is 0 Å². The van der Waals surface area contributed by atoms with Crippen molar-refractivity contribution < 1.29 is 9.18 Å². The van der Waals surface area contributed by atoms with Crippen LogP contribution in [-0.4, -0.2) is 33.9 Å². The number of pyridine rings is 1. The largest absolute Gasteiger partial charge is 0.346 e. The number of thiophene rings is 1. The summed E-state index contributed by atoms with van der Waals surface area (Å²) in [4.78, 5) is 22.5. The number of hydrogen-bond donors (Lipinski definition) is 1. The lowest BCUT2D eigenvalue weighted by molar-refractivity contribution is 0.0724. The summed E-state index contributed by atoms with van der Waals surface area (Å²) in [5.74, 6) is -0.327. The van der Waals surface area contributed by atoms with Gasteiger partial charge in [-0.05, 0) is 54.5 Å². The zero-order valence-corrected chi connectivity index (χ0v) is 17.7. The Bertz CT molecular complexity index is 1240. The highest BCUT2D eigenvalue weighted by Crippen LogP contribution is 2.39. The molecule has 0 spiro atoms. The minimum absolute atomic E-state index is 0.0304. The van der Waals surface area contributed by atoms with E-state index in [2.05, 4.69) is 9.97 Å². The molecule has 4 aromatic rings. The third-order valence-electron chi connectivity index (χ3n) is 5.56. The van der Waals surface area contributed by atoms with Crippen LogP contribution in [-0.2, 0) is 0 Å². The van der Waals surface area contributed by atoms with Crippen LogP contribution < -0.4 is 0 Å². The number of nitrogens with one attached hydrogen (secondary N) is 1. The fraction of sp³-hybridized carbons (Fsp3) is 0.217. The van der Waals surface area contributed by atoms with Crippen molar-refractivity contribution in [2.24, 2.45) is 0 Å². The minimum Gasteiger partial charge on any atom is -0.346 e. The van der Waals surface area contributed by atoms with Gasteiger partial charge in [0.1, 0.15) is 5.65 Å². The maximum absolute atomic E-state index is 14.6. The fourth-order valence-electron chi connectivity index (χ4n) is 4.00. The van der Waals surface area contributed by atoms with Gasteiger partial charge in [0.15, 0.2) is 5.82 Å². The van der Waals surface area contributed by atoms with Crippen molar-refractivity contribution in [3.63, 3.8) is 0 Å². The molecule has 0 saturated carbocycles. The predicted molar refractivity (Wildman–Crippen MR) is 120 cm³/mol. The van der Waals surface area contributed by atoms with E-state index in [0.717, 1.165) is 47.3 Å². The Morgan fingerprint density at radius 2 is 2.00 bits per heavy atom. The summed E-state index contributed by atoms with van der Waals surface area (Å²) in [6, 6.07) is 9.20. The Hall–Kier alpha value is -2.70. The molecule has 1 amide bonds. The van der Waals surface area contributed by atoms with Crippen LogP contribution in [0.2, 0.25) is 5.02 Å². The van der Waals surface area contributed by atoms with E-state index in [4.69, 9.17) is 11.6 Å². The molecule has 1 N–H and O–H groups in total. The number of aromatic nitrogens is 2. The van der Waals surface area contributed by atoms with Crippen molar-refractivity contribution >= 4 is 39.9 Å². The first kappa shape index (κ1) is 19.3. The van der Waals surface area contributed by atoms with E-state index in [9.17, 15) is 9.18 Å². The molecular weight excluding hydrogens is 421 g/mol. The molecule has 1 fully saturated rings. The van der Waals surface area contributed by atoms with Crippen molar-refractivity contribution in [1.82, 2.24) is 14.9 Å². The molecule has 30 heavy (non-hydrogen) atoms. The average molecular weight is 440 g/mol. The Balaban J connectivity index is 1.47. The molecule has 1 aliphatic heterocycles. The molecular formula is C23H19ClFN3OS. The number of rotatable bonds is 3. The van der Waals surface area contributed by atoms with Gasteiger partial charge in [-0.1, -0.05) is 17.7 Å². The molecule has 0 unspecified atom stereocenters. The van der Waals surface area contributed by atoms with Crippen LogP contribution in [0.4, 0.5) is 4.39 Å². The number of carbonyl (C=O) groups is 1.